The molecule has 1 aliphatic heterocycles. The van der Waals surface area contributed by atoms with E-state index < -0.39 is 0 Å². The molecule has 7 heteroatoms. The topological polar surface area (TPSA) is 54.9 Å². The molecule has 0 N–H and O–H groups in total. The highest BCUT2D eigenvalue weighted by Gasteiger charge is 2.24. The largest absolute Gasteiger partial charge is 0.493 e. The normalized spacial score (nSPS) is 16.6. The maximum atomic E-state index is 12.6. The van der Waals surface area contributed by atoms with Gasteiger partial charge in [-0.1, -0.05) is 13.8 Å². The fourth-order valence-corrected chi connectivity index (χ4v) is 4.84. The molecule has 0 radical (unpaired) electrons. The number of anilines is 1. The second kappa shape index (κ2) is 11.4. The van der Waals surface area contributed by atoms with Gasteiger partial charge in [0.15, 0.2) is 11.5 Å². The molecular weight excluding hydrogens is 410 g/mol. The zero-order valence-electron chi connectivity index (χ0n) is 19.2. The van der Waals surface area contributed by atoms with E-state index in [1.54, 1.807) is 18.4 Å². The lowest BCUT2D eigenvalue weighted by molar-refractivity contribution is -0.130. The van der Waals surface area contributed by atoms with Crippen molar-refractivity contribution in [3.63, 3.8) is 0 Å². The number of methoxy groups -OCH3 is 1. The maximum Gasteiger partial charge on any atom is 0.229 e. The van der Waals surface area contributed by atoms with Crippen molar-refractivity contribution in [1.82, 2.24) is 9.88 Å². The first-order chi connectivity index (χ1) is 15.1. The van der Waals surface area contributed by atoms with Crippen LogP contribution in [0.5, 0.6) is 11.5 Å². The number of ether oxygens (including phenoxy) is 2. The predicted octanol–water partition coefficient (Wildman–Crippen LogP) is 4.70. The molecule has 0 unspecified atom stereocenters. The van der Waals surface area contributed by atoms with Crippen molar-refractivity contribution < 1.29 is 14.3 Å². The van der Waals surface area contributed by atoms with Crippen LogP contribution >= 0.6 is 11.3 Å². The van der Waals surface area contributed by atoms with Crippen LogP contribution in [0, 0.1) is 6.92 Å². The van der Waals surface area contributed by atoms with E-state index in [0.29, 0.717) is 12.5 Å². The molecule has 0 spiro atoms. The van der Waals surface area contributed by atoms with Gasteiger partial charge >= 0.3 is 0 Å². The molecule has 2 heterocycles. The summed E-state index contributed by atoms with van der Waals surface area (Å²) in [6.45, 7) is 9.06. The smallest absolute Gasteiger partial charge is 0.229 e. The van der Waals surface area contributed by atoms with Crippen molar-refractivity contribution in [3.8, 4) is 11.5 Å². The predicted molar refractivity (Wildman–Crippen MR) is 127 cm³/mol. The van der Waals surface area contributed by atoms with E-state index in [0.717, 1.165) is 66.9 Å². The number of carbonyl (C=O) groups excluding carboxylic acids is 1. The monoisotopic (exact) mass is 445 g/mol. The average molecular weight is 446 g/mol. The molecule has 1 aromatic heterocycles. The number of aromatic nitrogens is 1. The molecule has 2 aromatic rings. The Morgan fingerprint density at radius 2 is 1.84 bits per heavy atom. The summed E-state index contributed by atoms with van der Waals surface area (Å²) in [4.78, 5) is 21.3. The summed E-state index contributed by atoms with van der Waals surface area (Å²) in [6.07, 6.45) is 5.41. The van der Waals surface area contributed by atoms with Gasteiger partial charge in [0.25, 0.3) is 0 Å². The average Bonchev–Trinajstić information content (AvgIpc) is 3.47. The zero-order chi connectivity index (χ0) is 22.2. The fourth-order valence-electron chi connectivity index (χ4n) is 4.08. The second-order valence-electron chi connectivity index (χ2n) is 7.79. The van der Waals surface area contributed by atoms with Crippen molar-refractivity contribution in [2.75, 3.05) is 38.2 Å². The summed E-state index contributed by atoms with van der Waals surface area (Å²) in [6, 6.07) is 6.16. The van der Waals surface area contributed by atoms with Gasteiger partial charge in [-0.25, -0.2) is 4.98 Å². The quantitative estimate of drug-likeness (QED) is 0.645. The second-order valence-corrected chi connectivity index (χ2v) is 8.73. The highest BCUT2D eigenvalue weighted by Crippen LogP contribution is 2.35. The maximum absolute atomic E-state index is 12.6. The SMILES string of the molecule is CC.COc1ccc(N2CCN(C(=O)Cc3nc(C)cs3)CC2)cc1OC1CCCC1. The molecule has 1 aromatic carbocycles. The summed E-state index contributed by atoms with van der Waals surface area (Å²) >= 11 is 1.56. The van der Waals surface area contributed by atoms with E-state index in [-0.39, 0.29) is 5.91 Å². The lowest BCUT2D eigenvalue weighted by atomic mass is 10.2. The molecule has 0 bridgehead atoms. The van der Waals surface area contributed by atoms with Crippen molar-refractivity contribution >= 4 is 22.9 Å². The molecule has 6 nitrogen and oxygen atoms in total. The Kier molecular flexibility index (Phi) is 8.58. The van der Waals surface area contributed by atoms with Gasteiger partial charge in [0.05, 0.1) is 19.6 Å². The number of nitrogens with zero attached hydrogens (tertiary/aromatic N) is 3. The highest BCUT2D eigenvalue weighted by molar-refractivity contribution is 7.09. The molecule has 2 aliphatic rings. The number of piperazine rings is 1. The lowest BCUT2D eigenvalue weighted by Gasteiger charge is -2.36. The van der Waals surface area contributed by atoms with Crippen LogP contribution < -0.4 is 14.4 Å². The van der Waals surface area contributed by atoms with Crippen molar-refractivity contribution in [1.29, 1.82) is 0 Å². The summed E-state index contributed by atoms with van der Waals surface area (Å²) in [5, 5.41) is 2.90. The van der Waals surface area contributed by atoms with Gasteiger partial charge in [0, 0.05) is 49.0 Å². The number of thiazole rings is 1. The summed E-state index contributed by atoms with van der Waals surface area (Å²) < 4.78 is 11.7. The molecule has 4 rings (SSSR count). The summed E-state index contributed by atoms with van der Waals surface area (Å²) in [5.41, 5.74) is 2.11. The molecule has 31 heavy (non-hydrogen) atoms. The van der Waals surface area contributed by atoms with Crippen LogP contribution in [-0.4, -0.2) is 55.2 Å². The number of aryl methyl sites for hydroxylation is 1. The Balaban J connectivity index is 0.00000132. The Labute approximate surface area is 190 Å². The number of hydrogen-bond acceptors (Lipinski definition) is 6. The first-order valence-electron chi connectivity index (χ1n) is 11.4. The Hall–Kier alpha value is -2.28. The number of benzene rings is 1. The van der Waals surface area contributed by atoms with Gasteiger partial charge in [-0.15, -0.1) is 11.3 Å². The minimum Gasteiger partial charge on any atom is -0.493 e. The van der Waals surface area contributed by atoms with E-state index in [2.05, 4.69) is 22.0 Å². The van der Waals surface area contributed by atoms with Gasteiger partial charge in [-0.2, -0.15) is 0 Å². The number of rotatable bonds is 6. The standard InChI is InChI=1S/C22H29N3O3S.C2H6/c1-16-15-29-21(23-16)14-22(26)25-11-9-24(10-12-25)17-7-8-19(27-2)20(13-17)28-18-5-3-4-6-18;1-2/h7-8,13,15,18H,3-6,9-12,14H2,1-2H3;1-2H3. The van der Waals surface area contributed by atoms with E-state index in [4.69, 9.17) is 9.47 Å². The first kappa shape index (κ1) is 23.4. The molecule has 2 fully saturated rings. The van der Waals surface area contributed by atoms with E-state index in [9.17, 15) is 4.79 Å². The van der Waals surface area contributed by atoms with Gasteiger partial charge in [-0.05, 0) is 44.7 Å². The Morgan fingerprint density at radius 3 is 2.45 bits per heavy atom. The van der Waals surface area contributed by atoms with E-state index in [1.807, 2.05) is 37.1 Å². The van der Waals surface area contributed by atoms with Gasteiger partial charge in [0.1, 0.15) is 5.01 Å². The van der Waals surface area contributed by atoms with Crippen molar-refractivity contribution in [3.05, 3.63) is 34.3 Å². The first-order valence-corrected chi connectivity index (χ1v) is 12.3. The van der Waals surface area contributed by atoms with Crippen molar-refractivity contribution in [2.24, 2.45) is 0 Å². The van der Waals surface area contributed by atoms with Crippen LogP contribution in [0.2, 0.25) is 0 Å². The Bertz CT molecular complexity index is 840. The van der Waals surface area contributed by atoms with Gasteiger partial charge in [-0.3, -0.25) is 4.79 Å². The lowest BCUT2D eigenvalue weighted by Crippen LogP contribution is -2.49. The van der Waals surface area contributed by atoms with Gasteiger partial charge < -0.3 is 19.3 Å². The van der Waals surface area contributed by atoms with Crippen LogP contribution in [0.4, 0.5) is 5.69 Å². The number of hydrogen-bond donors (Lipinski definition) is 0. The third-order valence-corrected chi connectivity index (χ3v) is 6.68. The molecule has 0 atom stereocenters. The molecule has 1 saturated carbocycles. The zero-order valence-corrected chi connectivity index (χ0v) is 20.0. The third-order valence-electron chi connectivity index (χ3n) is 5.71. The van der Waals surface area contributed by atoms with Crippen LogP contribution in [0.1, 0.15) is 50.2 Å². The summed E-state index contributed by atoms with van der Waals surface area (Å²) in [5.74, 6) is 1.78. The number of carbonyl (C=O) groups is 1. The van der Waals surface area contributed by atoms with Crippen molar-refractivity contribution in [2.45, 2.75) is 59.0 Å². The molecule has 1 aliphatic carbocycles. The molecule has 170 valence electrons. The highest BCUT2D eigenvalue weighted by atomic mass is 32.1. The third kappa shape index (κ3) is 6.12. The van der Waals surface area contributed by atoms with Crippen LogP contribution in [0.25, 0.3) is 0 Å². The van der Waals surface area contributed by atoms with Crippen LogP contribution in [0.3, 0.4) is 0 Å². The van der Waals surface area contributed by atoms with E-state index in [1.165, 1.54) is 12.8 Å². The van der Waals surface area contributed by atoms with Crippen LogP contribution in [-0.2, 0) is 11.2 Å². The molecule has 1 saturated heterocycles. The fraction of sp³-hybridized carbons (Fsp3) is 0.583. The van der Waals surface area contributed by atoms with Crippen LogP contribution in [0.15, 0.2) is 23.6 Å². The minimum atomic E-state index is 0.166. The molecular formula is C24H35N3O3S. The number of amides is 1. The minimum absolute atomic E-state index is 0.166. The summed E-state index contributed by atoms with van der Waals surface area (Å²) in [7, 11) is 1.69. The van der Waals surface area contributed by atoms with Gasteiger partial charge in [0.2, 0.25) is 5.91 Å². The molecule has 1 amide bonds. The van der Waals surface area contributed by atoms with E-state index >= 15 is 0 Å². The Morgan fingerprint density at radius 1 is 1.13 bits per heavy atom.